The van der Waals surface area contributed by atoms with Crippen LogP contribution in [-0.2, 0) is 35.6 Å². The number of nitrogens with two attached hydrogens (primary N) is 1. The highest BCUT2D eigenvalue weighted by atomic mass is 16.5. The average molecular weight is 933 g/mol. The number of nitrogens with one attached hydrogen (secondary N) is 3. The highest BCUT2D eigenvalue weighted by Gasteiger charge is 2.14. The Balaban J connectivity index is 0.000000188. The zero-order chi connectivity index (χ0) is 49.1. The first-order valence-corrected chi connectivity index (χ1v) is 22.8. The van der Waals surface area contributed by atoms with Crippen LogP contribution in [0.25, 0.3) is 21.8 Å². The van der Waals surface area contributed by atoms with Gasteiger partial charge in [-0.1, -0.05) is 84.9 Å². The zero-order valence-electron chi connectivity index (χ0n) is 40.4. The predicted molar refractivity (Wildman–Crippen MR) is 278 cm³/mol. The van der Waals surface area contributed by atoms with Gasteiger partial charge in [0, 0.05) is 62.4 Å². The number of aliphatic carboxylic acids is 1. The number of nitrogen functional groups attached to an aromatic ring is 1. The molecular formula is C54H64N10O5. The van der Waals surface area contributed by atoms with Crippen LogP contribution in [0.1, 0.15) is 22.3 Å². The van der Waals surface area contributed by atoms with E-state index in [-0.39, 0.29) is 18.7 Å². The second-order valence-corrected chi connectivity index (χ2v) is 17.2. The van der Waals surface area contributed by atoms with E-state index in [0.717, 1.165) is 105 Å². The Labute approximate surface area is 404 Å². The number of carboxylic acids is 1. The lowest BCUT2D eigenvalue weighted by Crippen LogP contribution is -2.28. The normalized spacial score (nSPS) is 10.8. The highest BCUT2D eigenvalue weighted by Crippen LogP contribution is 2.27. The van der Waals surface area contributed by atoms with E-state index in [1.165, 1.54) is 0 Å². The average Bonchev–Trinajstić information content (AvgIpc) is 3.97. The van der Waals surface area contributed by atoms with Crippen molar-refractivity contribution in [3.05, 3.63) is 168 Å². The summed E-state index contributed by atoms with van der Waals surface area (Å²) in [7, 11) is 12.3. The number of H-pyrrole nitrogens is 2. The molecule has 15 nitrogen and oxygen atoms in total. The number of benzene rings is 6. The molecule has 1 amide bonds. The van der Waals surface area contributed by atoms with Crippen LogP contribution < -0.4 is 30.3 Å². The fourth-order valence-electron chi connectivity index (χ4n) is 7.04. The molecule has 8 aromatic rings. The number of likely N-dealkylation sites (N-methyl/N-ethyl adjacent to an activating group) is 4. The van der Waals surface area contributed by atoms with E-state index in [2.05, 4.69) is 73.5 Å². The minimum atomic E-state index is -0.826. The Morgan fingerprint density at radius 3 is 1.46 bits per heavy atom. The number of amides is 1. The number of rotatable bonds is 19. The Morgan fingerprint density at radius 2 is 1.00 bits per heavy atom. The van der Waals surface area contributed by atoms with Crippen LogP contribution in [0.15, 0.2) is 146 Å². The summed E-state index contributed by atoms with van der Waals surface area (Å²) >= 11 is 0. The van der Waals surface area contributed by atoms with E-state index in [0.29, 0.717) is 13.2 Å². The highest BCUT2D eigenvalue weighted by molar-refractivity contribution is 5.98. The largest absolute Gasteiger partial charge is 0.489 e. The van der Waals surface area contributed by atoms with Crippen molar-refractivity contribution in [3.63, 3.8) is 0 Å². The van der Waals surface area contributed by atoms with E-state index in [1.54, 1.807) is 24.3 Å². The lowest BCUT2D eigenvalue weighted by atomic mass is 10.1. The zero-order valence-corrected chi connectivity index (χ0v) is 40.4. The third-order valence-electron chi connectivity index (χ3n) is 10.9. The molecule has 0 radical (unpaired) electrons. The van der Waals surface area contributed by atoms with Gasteiger partial charge in [0.05, 0.1) is 23.9 Å². The topological polar surface area (TPSA) is 181 Å². The van der Waals surface area contributed by atoms with Gasteiger partial charge in [-0.15, -0.1) is 0 Å². The first kappa shape index (κ1) is 50.5. The van der Waals surface area contributed by atoms with Crippen molar-refractivity contribution in [1.82, 2.24) is 30.2 Å². The maximum Gasteiger partial charge on any atom is 0.307 e. The first-order valence-electron chi connectivity index (χ1n) is 22.8. The number of nitrogens with zero attached hydrogens (tertiary/aromatic N) is 6. The molecule has 0 unspecified atom stereocenters. The molecule has 2 heterocycles. The van der Waals surface area contributed by atoms with E-state index in [9.17, 15) is 9.59 Å². The number of carbonyl (C=O) groups excluding carboxylic acids is 1. The van der Waals surface area contributed by atoms with Gasteiger partial charge in [0.25, 0.3) is 0 Å². The Morgan fingerprint density at radius 1 is 0.551 bits per heavy atom. The number of aromatic amines is 2. The van der Waals surface area contributed by atoms with Crippen LogP contribution in [0.3, 0.4) is 0 Å². The lowest BCUT2D eigenvalue weighted by molar-refractivity contribution is -0.136. The van der Waals surface area contributed by atoms with Gasteiger partial charge in [-0.3, -0.25) is 19.8 Å². The van der Waals surface area contributed by atoms with Gasteiger partial charge in [-0.25, -0.2) is 0 Å². The third kappa shape index (κ3) is 16.2. The molecule has 0 aliphatic heterocycles. The molecule has 0 aliphatic rings. The SMILES string of the molecule is CN(C)CCN(C)c1n[nH]c2ccc(N)cc12.CN(C)CCN(C)c1n[nH]c2ccc(NC(=O)Cc3ccc(OCc4ccccc4)cc3)cc12.O=C(O)Cc1ccc(OCc2ccccc2)cc1. The van der Waals surface area contributed by atoms with Crippen molar-refractivity contribution >= 4 is 56.7 Å². The first-order chi connectivity index (χ1) is 33.3. The van der Waals surface area contributed by atoms with Gasteiger partial charge in [-0.05, 0) is 111 Å². The number of hydrogen-bond donors (Lipinski definition) is 5. The molecule has 0 bridgehead atoms. The summed E-state index contributed by atoms with van der Waals surface area (Å²) in [6, 6.07) is 46.3. The molecule has 6 N–H and O–H groups in total. The maximum absolute atomic E-state index is 12.7. The molecule has 0 spiro atoms. The summed E-state index contributed by atoms with van der Waals surface area (Å²) in [5.74, 6) is 2.46. The lowest BCUT2D eigenvalue weighted by Gasteiger charge is -2.19. The van der Waals surface area contributed by atoms with Crippen LogP contribution in [-0.4, -0.2) is 116 Å². The van der Waals surface area contributed by atoms with Crippen molar-refractivity contribution in [2.75, 3.05) is 89.3 Å². The van der Waals surface area contributed by atoms with Crippen molar-refractivity contribution in [2.24, 2.45) is 0 Å². The second kappa shape index (κ2) is 25.3. The van der Waals surface area contributed by atoms with E-state index in [4.69, 9.17) is 20.3 Å². The molecule has 2 aromatic heterocycles. The van der Waals surface area contributed by atoms with Crippen LogP contribution in [0, 0.1) is 0 Å². The molecule has 0 atom stereocenters. The standard InChI is InChI=1S/C27H31N5O2.C15H14O3.C12H19N5/c1-31(2)15-16-32(3)27-24-18-22(11-14-25(24)29-30-27)28-26(33)17-20-9-12-23(13-10-20)34-19-21-7-5-4-6-8-21;16-15(17)10-12-6-8-14(9-7-12)18-11-13-4-2-1-3-5-13;1-16(2)6-7-17(3)12-10-8-9(13)4-5-11(10)14-15-12/h4-14,18H,15-17,19H2,1-3H3,(H,28,33)(H,29,30);1-9H,10-11H2,(H,16,17);4-5,8H,6-7,13H2,1-3H3,(H,14,15). The molecule has 15 heteroatoms. The van der Waals surface area contributed by atoms with Crippen molar-refractivity contribution in [2.45, 2.75) is 26.1 Å². The summed E-state index contributed by atoms with van der Waals surface area (Å²) < 4.78 is 11.4. The molecule has 8 rings (SSSR count). The summed E-state index contributed by atoms with van der Waals surface area (Å²) in [6.45, 7) is 4.74. The van der Waals surface area contributed by atoms with E-state index < -0.39 is 5.97 Å². The fourth-order valence-corrected chi connectivity index (χ4v) is 7.04. The number of carboxylic acid groups (broad SMARTS) is 1. The molecule has 0 saturated carbocycles. The molecule has 0 saturated heterocycles. The van der Waals surface area contributed by atoms with Crippen molar-refractivity contribution in [1.29, 1.82) is 0 Å². The Kier molecular flexibility index (Phi) is 18.5. The molecule has 0 aliphatic carbocycles. The number of carbonyl (C=O) groups is 2. The Bertz CT molecular complexity index is 2810. The van der Waals surface area contributed by atoms with Crippen LogP contribution >= 0.6 is 0 Å². The second-order valence-electron chi connectivity index (χ2n) is 17.2. The number of ether oxygens (including phenoxy) is 2. The quantitative estimate of drug-likeness (QED) is 0.0490. The van der Waals surface area contributed by atoms with Gasteiger partial charge >= 0.3 is 5.97 Å². The maximum atomic E-state index is 12.7. The molecule has 6 aromatic carbocycles. The summed E-state index contributed by atoms with van der Waals surface area (Å²) in [4.78, 5) is 31.7. The van der Waals surface area contributed by atoms with Crippen LogP contribution in [0.5, 0.6) is 11.5 Å². The van der Waals surface area contributed by atoms with Gasteiger partial charge in [0.1, 0.15) is 24.7 Å². The van der Waals surface area contributed by atoms with Gasteiger partial charge < -0.3 is 45.2 Å². The van der Waals surface area contributed by atoms with E-state index in [1.807, 2.05) is 135 Å². The number of hydrogen-bond acceptors (Lipinski definition) is 11. The van der Waals surface area contributed by atoms with Crippen LogP contribution in [0.4, 0.5) is 23.0 Å². The third-order valence-corrected chi connectivity index (χ3v) is 10.9. The monoisotopic (exact) mass is 933 g/mol. The van der Waals surface area contributed by atoms with Gasteiger partial charge in [0.2, 0.25) is 5.91 Å². The summed E-state index contributed by atoms with van der Waals surface area (Å²) in [6.07, 6.45) is 0.330. The summed E-state index contributed by atoms with van der Waals surface area (Å²) in [5.41, 5.74) is 13.2. The fraction of sp³-hybridized carbons (Fsp3) is 0.259. The van der Waals surface area contributed by atoms with Crippen molar-refractivity contribution in [3.8, 4) is 11.5 Å². The predicted octanol–water partition coefficient (Wildman–Crippen LogP) is 8.36. The molecule has 360 valence electrons. The van der Waals surface area contributed by atoms with E-state index >= 15 is 0 Å². The Hall–Kier alpha value is -7.88. The number of anilines is 4. The number of fused-ring (bicyclic) bond motifs is 2. The van der Waals surface area contributed by atoms with Gasteiger partial charge in [-0.2, -0.15) is 10.2 Å². The smallest absolute Gasteiger partial charge is 0.307 e. The van der Waals surface area contributed by atoms with Crippen molar-refractivity contribution < 1.29 is 24.2 Å². The van der Waals surface area contributed by atoms with Gasteiger partial charge in [0.15, 0.2) is 11.6 Å². The minimum Gasteiger partial charge on any atom is -0.489 e. The minimum absolute atomic E-state index is 0.0406. The summed E-state index contributed by atoms with van der Waals surface area (Å²) in [5, 5.41) is 28.6. The molecule has 0 fully saturated rings. The number of aromatic nitrogens is 4. The van der Waals surface area contributed by atoms with Crippen LogP contribution in [0.2, 0.25) is 0 Å². The molecule has 69 heavy (non-hydrogen) atoms. The molecular weight excluding hydrogens is 869 g/mol.